The van der Waals surface area contributed by atoms with Crippen LogP contribution in [0.15, 0.2) is 34.9 Å². The third-order valence-electron chi connectivity index (χ3n) is 2.89. The van der Waals surface area contributed by atoms with E-state index in [1.807, 2.05) is 30.5 Å². The van der Waals surface area contributed by atoms with Gasteiger partial charge in [0.25, 0.3) is 5.88 Å². The molecule has 0 fully saturated rings. The van der Waals surface area contributed by atoms with E-state index in [0.29, 0.717) is 5.88 Å². The minimum Gasteiger partial charge on any atom is -0.418 e. The van der Waals surface area contributed by atoms with E-state index in [2.05, 4.69) is 18.9 Å². The van der Waals surface area contributed by atoms with Crippen molar-refractivity contribution in [2.45, 2.75) is 19.8 Å². The minimum atomic E-state index is -6.00. The molecule has 0 aliphatic rings. The summed E-state index contributed by atoms with van der Waals surface area (Å²) in [6.45, 7) is 4.11. The Kier molecular flexibility index (Phi) is 4.25. The van der Waals surface area contributed by atoms with Crippen LogP contribution in [0.25, 0.3) is 16.3 Å². The average molecular weight is 315 g/mol. The molecule has 0 unspecified atom stereocenters. The molecule has 0 saturated carbocycles. The molecule has 0 atom stereocenters. The zero-order chi connectivity index (χ0) is 16.5. The van der Waals surface area contributed by atoms with Crippen LogP contribution >= 0.6 is 0 Å². The molecule has 0 bridgehead atoms. The molecule has 1 aromatic carbocycles. The van der Waals surface area contributed by atoms with Gasteiger partial charge in [-0.15, -0.1) is 0 Å². The molecule has 2 aromatic heterocycles. The number of nitrogens with zero attached hydrogens (tertiary/aromatic N) is 2. The highest BCUT2D eigenvalue weighted by Crippen LogP contribution is 2.24. The molecule has 0 saturated heterocycles. The SMILES string of the molecule is CC(C)c1oc(N)c2c3ccccc3cn[n+]12.F[B-](F)(F)F. The predicted molar refractivity (Wildman–Crippen MR) is 75.9 cm³/mol. The van der Waals surface area contributed by atoms with Crippen molar-refractivity contribution in [3.63, 3.8) is 0 Å². The van der Waals surface area contributed by atoms with Gasteiger partial charge >= 0.3 is 18.7 Å². The van der Waals surface area contributed by atoms with Crippen molar-refractivity contribution in [1.29, 1.82) is 0 Å². The first-order valence-electron chi connectivity index (χ1n) is 6.53. The Balaban J connectivity index is 0.000000309. The van der Waals surface area contributed by atoms with E-state index in [0.717, 1.165) is 22.2 Å². The second-order valence-corrected chi connectivity index (χ2v) is 4.95. The first-order valence-corrected chi connectivity index (χ1v) is 6.53. The lowest BCUT2D eigenvalue weighted by Gasteiger charge is -1.94. The summed E-state index contributed by atoms with van der Waals surface area (Å²) in [5.74, 6) is 1.45. The highest BCUT2D eigenvalue weighted by Gasteiger charge is 2.27. The standard InChI is InChI=1S/C13H14N3O.BF4/c1-8(2)13-16-11(12(14)17-13)10-6-4-3-5-9(10)7-15-16;2-1(3,4)5/h3-8H,14H2,1-2H3;/q+1;-1. The Morgan fingerprint density at radius 3 is 2.36 bits per heavy atom. The van der Waals surface area contributed by atoms with E-state index in [1.165, 1.54) is 0 Å². The molecule has 0 aliphatic heterocycles. The number of hydrogen-bond donors (Lipinski definition) is 1. The molecule has 9 heteroatoms. The molecule has 3 aromatic rings. The Morgan fingerprint density at radius 1 is 1.18 bits per heavy atom. The lowest BCUT2D eigenvalue weighted by atomic mass is 10.1. The van der Waals surface area contributed by atoms with Crippen LogP contribution in [0.2, 0.25) is 0 Å². The van der Waals surface area contributed by atoms with E-state index >= 15 is 0 Å². The first kappa shape index (κ1) is 16.1. The van der Waals surface area contributed by atoms with E-state index in [4.69, 9.17) is 10.2 Å². The van der Waals surface area contributed by atoms with Crippen LogP contribution in [0.5, 0.6) is 0 Å². The largest absolute Gasteiger partial charge is 0.673 e. The number of benzene rings is 1. The van der Waals surface area contributed by atoms with Crippen molar-refractivity contribution >= 4 is 29.4 Å². The maximum absolute atomic E-state index is 9.75. The number of rotatable bonds is 1. The number of aromatic nitrogens is 2. The van der Waals surface area contributed by atoms with Crippen LogP contribution in [-0.4, -0.2) is 12.4 Å². The molecule has 3 rings (SSSR count). The van der Waals surface area contributed by atoms with Crippen LogP contribution in [0.4, 0.5) is 23.1 Å². The molecule has 0 radical (unpaired) electrons. The van der Waals surface area contributed by atoms with Gasteiger partial charge in [-0.1, -0.05) is 18.2 Å². The van der Waals surface area contributed by atoms with Gasteiger partial charge < -0.3 is 27.4 Å². The summed E-state index contributed by atoms with van der Waals surface area (Å²) < 4.78 is 46.4. The topological polar surface area (TPSA) is 56.1 Å². The summed E-state index contributed by atoms with van der Waals surface area (Å²) in [4.78, 5) is 0. The predicted octanol–water partition coefficient (Wildman–Crippen LogP) is 3.57. The molecule has 0 amide bonds. The number of nitrogen functional groups attached to an aromatic ring is 1. The van der Waals surface area contributed by atoms with Gasteiger partial charge in [0.1, 0.15) is 6.20 Å². The number of oxazole rings is 1. The Labute approximate surface area is 123 Å². The van der Waals surface area contributed by atoms with Crippen molar-refractivity contribution in [2.75, 3.05) is 5.73 Å². The van der Waals surface area contributed by atoms with Crippen LogP contribution in [0, 0.1) is 0 Å². The van der Waals surface area contributed by atoms with Gasteiger partial charge in [0, 0.05) is 10.5 Å². The molecule has 118 valence electrons. The van der Waals surface area contributed by atoms with Crippen LogP contribution in [0.3, 0.4) is 0 Å². The van der Waals surface area contributed by atoms with Gasteiger partial charge in [0.2, 0.25) is 0 Å². The fourth-order valence-electron chi connectivity index (χ4n) is 2.09. The molecule has 0 spiro atoms. The average Bonchev–Trinajstić information content (AvgIpc) is 2.75. The molecule has 2 N–H and O–H groups in total. The smallest absolute Gasteiger partial charge is 0.418 e. The number of anilines is 1. The minimum absolute atomic E-state index is 0.244. The molecule has 4 nitrogen and oxygen atoms in total. The summed E-state index contributed by atoms with van der Waals surface area (Å²) in [5.41, 5.74) is 6.81. The molecular formula is C13H14BF4N3O. The van der Waals surface area contributed by atoms with Crippen molar-refractivity contribution in [2.24, 2.45) is 0 Å². The van der Waals surface area contributed by atoms with E-state index < -0.39 is 7.25 Å². The fraction of sp³-hybridized carbons (Fsp3) is 0.231. The quantitative estimate of drug-likeness (QED) is 0.424. The number of fused-ring (bicyclic) bond motifs is 3. The Hall–Kier alpha value is -2.32. The third-order valence-corrected chi connectivity index (χ3v) is 2.89. The summed E-state index contributed by atoms with van der Waals surface area (Å²) >= 11 is 0. The van der Waals surface area contributed by atoms with Gasteiger partial charge in [-0.2, -0.15) is 0 Å². The zero-order valence-corrected chi connectivity index (χ0v) is 11.9. The van der Waals surface area contributed by atoms with Crippen molar-refractivity contribution in [3.8, 4) is 0 Å². The number of hydrogen-bond acceptors (Lipinski definition) is 3. The van der Waals surface area contributed by atoms with E-state index in [-0.39, 0.29) is 5.92 Å². The maximum atomic E-state index is 9.75. The number of halogens is 4. The fourth-order valence-corrected chi connectivity index (χ4v) is 2.09. The van der Waals surface area contributed by atoms with E-state index in [9.17, 15) is 17.3 Å². The van der Waals surface area contributed by atoms with Gasteiger partial charge in [-0.3, -0.25) is 0 Å². The summed E-state index contributed by atoms with van der Waals surface area (Å²) in [6, 6.07) is 8.02. The normalized spacial score (nSPS) is 11.8. The Morgan fingerprint density at radius 2 is 1.77 bits per heavy atom. The zero-order valence-electron chi connectivity index (χ0n) is 11.9. The summed E-state index contributed by atoms with van der Waals surface area (Å²) in [6.07, 6.45) is 1.84. The van der Waals surface area contributed by atoms with Crippen molar-refractivity contribution in [3.05, 3.63) is 36.4 Å². The van der Waals surface area contributed by atoms with Gasteiger partial charge in [0.05, 0.1) is 11.3 Å². The lowest BCUT2D eigenvalue weighted by Crippen LogP contribution is -2.29. The van der Waals surface area contributed by atoms with Crippen LogP contribution in [0.1, 0.15) is 25.7 Å². The highest BCUT2D eigenvalue weighted by molar-refractivity contribution is 6.50. The second-order valence-electron chi connectivity index (χ2n) is 4.95. The van der Waals surface area contributed by atoms with Gasteiger partial charge in [-0.05, 0) is 24.4 Å². The van der Waals surface area contributed by atoms with E-state index in [1.54, 1.807) is 4.52 Å². The maximum Gasteiger partial charge on any atom is 0.673 e. The molecule has 2 heterocycles. The number of nitrogens with two attached hydrogens (primary N) is 1. The van der Waals surface area contributed by atoms with Crippen molar-refractivity contribution in [1.82, 2.24) is 5.10 Å². The molecule has 0 aliphatic carbocycles. The van der Waals surface area contributed by atoms with Crippen LogP contribution < -0.4 is 10.2 Å². The third kappa shape index (κ3) is 3.47. The Bertz CT molecular complexity index is 795. The molecular weight excluding hydrogens is 301 g/mol. The summed E-state index contributed by atoms with van der Waals surface area (Å²) in [5, 5.41) is 6.52. The van der Waals surface area contributed by atoms with Gasteiger partial charge in [0.15, 0.2) is 0 Å². The van der Waals surface area contributed by atoms with Crippen molar-refractivity contribution < 1.29 is 26.2 Å². The van der Waals surface area contributed by atoms with Gasteiger partial charge in [-0.25, -0.2) is 0 Å². The lowest BCUT2D eigenvalue weighted by molar-refractivity contribution is -0.595. The summed E-state index contributed by atoms with van der Waals surface area (Å²) in [7, 11) is -6.00. The first-order chi connectivity index (χ1) is 10.2. The molecule has 22 heavy (non-hydrogen) atoms. The monoisotopic (exact) mass is 315 g/mol. The van der Waals surface area contributed by atoms with Crippen LogP contribution in [-0.2, 0) is 0 Å². The second kappa shape index (κ2) is 5.82. The highest BCUT2D eigenvalue weighted by atomic mass is 19.5.